The van der Waals surface area contributed by atoms with Crippen LogP contribution >= 0.6 is 0 Å². The Kier molecular flexibility index (Phi) is 7.44. The van der Waals surface area contributed by atoms with Gasteiger partial charge in [-0.05, 0) is 25.3 Å². The number of ether oxygens (including phenoxy) is 1. The predicted molar refractivity (Wildman–Crippen MR) is 93.5 cm³/mol. The lowest BCUT2D eigenvalue weighted by atomic mass is 9.89. The number of esters is 1. The lowest BCUT2D eigenvalue weighted by molar-refractivity contribution is -0.148. The standard InChI is InChI=1S/C19H26N2O4/c1-14(15-8-4-2-5-9-15)21-17(22)13-25-18(23)12-20-19(24)16-10-6-3-7-11-16/h2,4-5,8-9,14,16H,3,6-7,10-13H2,1H3,(H,20,24)(H,21,22)/t14-/m1/s1. The van der Waals surface area contributed by atoms with Gasteiger partial charge in [0.2, 0.25) is 5.91 Å². The highest BCUT2D eigenvalue weighted by atomic mass is 16.5. The first kappa shape index (κ1) is 19.0. The Hall–Kier alpha value is -2.37. The Balaban J connectivity index is 1.63. The average Bonchev–Trinajstić information content (AvgIpc) is 2.65. The molecule has 25 heavy (non-hydrogen) atoms. The van der Waals surface area contributed by atoms with Crippen molar-refractivity contribution in [3.05, 3.63) is 35.9 Å². The first-order valence-electron chi connectivity index (χ1n) is 8.84. The van der Waals surface area contributed by atoms with Gasteiger partial charge >= 0.3 is 5.97 Å². The molecule has 1 fully saturated rings. The van der Waals surface area contributed by atoms with Gasteiger partial charge in [-0.2, -0.15) is 0 Å². The molecular weight excluding hydrogens is 320 g/mol. The van der Waals surface area contributed by atoms with Crippen molar-refractivity contribution >= 4 is 17.8 Å². The zero-order valence-corrected chi connectivity index (χ0v) is 14.6. The Labute approximate surface area is 148 Å². The quantitative estimate of drug-likeness (QED) is 0.741. The molecule has 0 aliphatic heterocycles. The van der Waals surface area contributed by atoms with Gasteiger partial charge in [-0.25, -0.2) is 0 Å². The summed E-state index contributed by atoms with van der Waals surface area (Å²) in [6.45, 7) is 1.31. The topological polar surface area (TPSA) is 84.5 Å². The van der Waals surface area contributed by atoms with E-state index in [1.54, 1.807) is 0 Å². The van der Waals surface area contributed by atoms with Gasteiger partial charge in [-0.3, -0.25) is 14.4 Å². The zero-order valence-electron chi connectivity index (χ0n) is 14.6. The summed E-state index contributed by atoms with van der Waals surface area (Å²) < 4.78 is 4.91. The molecule has 2 amide bonds. The SMILES string of the molecule is C[C@@H](NC(=O)COC(=O)CNC(=O)C1CCCCC1)c1ccccc1. The average molecular weight is 346 g/mol. The number of carbonyl (C=O) groups is 3. The van der Waals surface area contributed by atoms with Crippen LogP contribution in [0.2, 0.25) is 0 Å². The number of benzene rings is 1. The van der Waals surface area contributed by atoms with Crippen LogP contribution in [0.4, 0.5) is 0 Å². The minimum atomic E-state index is -0.605. The first-order chi connectivity index (χ1) is 12.1. The predicted octanol–water partition coefficient (Wildman–Crippen LogP) is 2.10. The molecule has 1 aliphatic rings. The van der Waals surface area contributed by atoms with Crippen molar-refractivity contribution in [2.45, 2.75) is 45.1 Å². The Morgan fingerprint density at radius 2 is 1.80 bits per heavy atom. The fraction of sp³-hybridized carbons (Fsp3) is 0.526. The van der Waals surface area contributed by atoms with E-state index in [4.69, 9.17) is 4.74 Å². The van der Waals surface area contributed by atoms with Crippen molar-refractivity contribution in [3.63, 3.8) is 0 Å². The number of hydrogen-bond donors (Lipinski definition) is 2. The third kappa shape index (κ3) is 6.57. The summed E-state index contributed by atoms with van der Waals surface area (Å²) in [5, 5.41) is 5.36. The third-order valence-electron chi connectivity index (χ3n) is 4.42. The van der Waals surface area contributed by atoms with Crippen molar-refractivity contribution in [2.75, 3.05) is 13.2 Å². The molecule has 6 nitrogen and oxygen atoms in total. The molecule has 1 aliphatic carbocycles. The second-order valence-corrected chi connectivity index (χ2v) is 6.41. The van der Waals surface area contributed by atoms with Gasteiger partial charge < -0.3 is 15.4 Å². The molecule has 136 valence electrons. The van der Waals surface area contributed by atoms with E-state index in [2.05, 4.69) is 10.6 Å². The minimum Gasteiger partial charge on any atom is -0.454 e. The maximum atomic E-state index is 11.9. The van der Waals surface area contributed by atoms with Crippen LogP contribution in [0.25, 0.3) is 0 Å². The van der Waals surface area contributed by atoms with Crippen molar-refractivity contribution in [2.24, 2.45) is 5.92 Å². The van der Waals surface area contributed by atoms with E-state index in [0.29, 0.717) is 0 Å². The lowest BCUT2D eigenvalue weighted by Gasteiger charge is -2.20. The molecule has 0 heterocycles. The minimum absolute atomic E-state index is 0.00318. The maximum absolute atomic E-state index is 11.9. The number of nitrogens with one attached hydrogen (secondary N) is 2. The monoisotopic (exact) mass is 346 g/mol. The van der Waals surface area contributed by atoms with Crippen LogP contribution in [-0.2, 0) is 19.1 Å². The normalized spacial score (nSPS) is 15.9. The summed E-state index contributed by atoms with van der Waals surface area (Å²) in [7, 11) is 0. The van der Waals surface area contributed by atoms with Crippen LogP contribution in [0.3, 0.4) is 0 Å². The van der Waals surface area contributed by atoms with Crippen LogP contribution in [-0.4, -0.2) is 30.9 Å². The maximum Gasteiger partial charge on any atom is 0.325 e. The molecule has 1 saturated carbocycles. The number of hydrogen-bond acceptors (Lipinski definition) is 4. The van der Waals surface area contributed by atoms with Gasteiger partial charge in [0.1, 0.15) is 6.54 Å². The van der Waals surface area contributed by atoms with E-state index in [-0.39, 0.29) is 36.9 Å². The largest absolute Gasteiger partial charge is 0.454 e. The van der Waals surface area contributed by atoms with Crippen molar-refractivity contribution < 1.29 is 19.1 Å². The van der Waals surface area contributed by atoms with Gasteiger partial charge in [0, 0.05) is 5.92 Å². The molecule has 2 rings (SSSR count). The summed E-state index contributed by atoms with van der Waals surface area (Å²) in [6, 6.07) is 9.36. The van der Waals surface area contributed by atoms with Gasteiger partial charge in [0.25, 0.3) is 5.91 Å². The summed E-state index contributed by atoms with van der Waals surface area (Å²) >= 11 is 0. The van der Waals surface area contributed by atoms with Crippen LogP contribution in [0.15, 0.2) is 30.3 Å². The number of rotatable bonds is 7. The molecule has 0 saturated heterocycles. The highest BCUT2D eigenvalue weighted by Crippen LogP contribution is 2.23. The molecule has 0 unspecified atom stereocenters. The molecule has 0 spiro atoms. The van der Waals surface area contributed by atoms with Crippen molar-refractivity contribution in [1.29, 1.82) is 0 Å². The van der Waals surface area contributed by atoms with Gasteiger partial charge in [0.15, 0.2) is 6.61 Å². The van der Waals surface area contributed by atoms with E-state index < -0.39 is 5.97 Å². The Bertz CT molecular complexity index is 582. The summed E-state index contributed by atoms with van der Waals surface area (Å²) in [6.07, 6.45) is 5.04. The smallest absolute Gasteiger partial charge is 0.325 e. The molecule has 1 aromatic carbocycles. The Morgan fingerprint density at radius 3 is 2.48 bits per heavy atom. The van der Waals surface area contributed by atoms with Gasteiger partial charge in [-0.1, -0.05) is 49.6 Å². The van der Waals surface area contributed by atoms with Gasteiger partial charge in [0.05, 0.1) is 6.04 Å². The molecule has 0 aromatic heterocycles. The highest BCUT2D eigenvalue weighted by Gasteiger charge is 2.21. The molecule has 6 heteroatoms. The van der Waals surface area contributed by atoms with Crippen LogP contribution in [0, 0.1) is 5.92 Å². The molecule has 2 N–H and O–H groups in total. The lowest BCUT2D eigenvalue weighted by Crippen LogP contribution is -2.37. The molecule has 0 radical (unpaired) electrons. The molecule has 1 atom stereocenters. The van der Waals surface area contributed by atoms with Crippen LogP contribution in [0.1, 0.15) is 50.6 Å². The molecular formula is C19H26N2O4. The van der Waals surface area contributed by atoms with E-state index in [1.165, 1.54) is 6.42 Å². The van der Waals surface area contributed by atoms with E-state index in [1.807, 2.05) is 37.3 Å². The third-order valence-corrected chi connectivity index (χ3v) is 4.42. The van der Waals surface area contributed by atoms with Crippen molar-refractivity contribution in [1.82, 2.24) is 10.6 Å². The summed E-state index contributed by atoms with van der Waals surface area (Å²) in [5.74, 6) is -1.08. The zero-order chi connectivity index (χ0) is 18.1. The van der Waals surface area contributed by atoms with Crippen LogP contribution in [0.5, 0.6) is 0 Å². The Morgan fingerprint density at radius 1 is 1.12 bits per heavy atom. The summed E-state index contributed by atoms with van der Waals surface area (Å²) in [4.78, 5) is 35.5. The van der Waals surface area contributed by atoms with E-state index in [0.717, 1.165) is 31.2 Å². The number of amides is 2. The van der Waals surface area contributed by atoms with Crippen LogP contribution < -0.4 is 10.6 Å². The second kappa shape index (κ2) is 9.81. The molecule has 1 aromatic rings. The fourth-order valence-electron chi connectivity index (χ4n) is 2.97. The first-order valence-corrected chi connectivity index (χ1v) is 8.84. The van der Waals surface area contributed by atoms with Gasteiger partial charge in [-0.15, -0.1) is 0 Å². The summed E-state index contributed by atoms with van der Waals surface area (Å²) in [5.41, 5.74) is 0.974. The highest BCUT2D eigenvalue weighted by molar-refractivity contribution is 5.85. The molecule has 0 bridgehead atoms. The fourth-order valence-corrected chi connectivity index (χ4v) is 2.97. The van der Waals surface area contributed by atoms with E-state index >= 15 is 0 Å². The van der Waals surface area contributed by atoms with E-state index in [9.17, 15) is 14.4 Å². The van der Waals surface area contributed by atoms with Crippen molar-refractivity contribution in [3.8, 4) is 0 Å². The number of carbonyl (C=O) groups excluding carboxylic acids is 3. The second-order valence-electron chi connectivity index (χ2n) is 6.41.